The molecule has 4 N–H and O–H groups in total. The van der Waals surface area contributed by atoms with E-state index in [4.69, 9.17) is 15.1 Å². The first-order valence-electron chi connectivity index (χ1n) is 8.33. The number of ether oxygens (including phenoxy) is 1. The van der Waals surface area contributed by atoms with Crippen molar-refractivity contribution in [1.82, 2.24) is 4.90 Å². The SMILES string of the molecule is COc1ccc2c(c1C(=O)O)OB(O)C(SCC(=O)N1CCC(N)C1)C2. The molecule has 1 fully saturated rings. The standard InChI is InChI=1S/C16H21BN2O6S/c1-24-11-3-2-9-6-12(17(23)25-15(9)14(11)16(21)22)26-8-13(20)19-5-4-10(18)7-19/h2-3,10,12,23H,4-8,18H2,1H3,(H,21,22). The molecular formula is C16H21BN2O6S. The first-order chi connectivity index (χ1) is 12.4. The van der Waals surface area contributed by atoms with Gasteiger partial charge >= 0.3 is 13.1 Å². The largest absolute Gasteiger partial charge is 0.536 e. The topological polar surface area (TPSA) is 122 Å². The van der Waals surface area contributed by atoms with Crippen molar-refractivity contribution in [2.45, 2.75) is 24.0 Å². The number of hydrogen-bond acceptors (Lipinski definition) is 7. The molecule has 140 valence electrons. The maximum Gasteiger partial charge on any atom is 0.536 e. The van der Waals surface area contributed by atoms with Gasteiger partial charge in [0.15, 0.2) is 0 Å². The molecule has 10 heteroatoms. The second kappa shape index (κ2) is 7.77. The molecule has 2 unspecified atom stereocenters. The van der Waals surface area contributed by atoms with Gasteiger partial charge < -0.3 is 30.2 Å². The normalized spacial score (nSPS) is 22.0. The molecule has 2 aliphatic rings. The molecule has 26 heavy (non-hydrogen) atoms. The van der Waals surface area contributed by atoms with Crippen LogP contribution in [0.15, 0.2) is 12.1 Å². The van der Waals surface area contributed by atoms with E-state index in [2.05, 4.69) is 0 Å². The first-order valence-corrected chi connectivity index (χ1v) is 9.38. The molecule has 0 radical (unpaired) electrons. The van der Waals surface area contributed by atoms with Gasteiger partial charge in [-0.1, -0.05) is 6.07 Å². The predicted octanol–water partition coefficient (Wildman–Crippen LogP) is 0.00940. The smallest absolute Gasteiger partial charge is 0.534 e. The highest BCUT2D eigenvalue weighted by Gasteiger charge is 2.39. The number of nitrogens with zero attached hydrogens (tertiary/aromatic N) is 1. The fourth-order valence-corrected chi connectivity index (χ4v) is 4.27. The van der Waals surface area contributed by atoms with E-state index in [-0.39, 0.29) is 39.9 Å². The van der Waals surface area contributed by atoms with E-state index < -0.39 is 13.1 Å². The van der Waals surface area contributed by atoms with Gasteiger partial charge in [0.05, 0.1) is 18.0 Å². The average molecular weight is 380 g/mol. The van der Waals surface area contributed by atoms with Gasteiger partial charge in [-0.2, -0.15) is 0 Å². The Balaban J connectivity index is 1.69. The molecule has 0 aliphatic carbocycles. The van der Waals surface area contributed by atoms with Crippen LogP contribution in [0.3, 0.4) is 0 Å². The van der Waals surface area contributed by atoms with Gasteiger partial charge in [-0.3, -0.25) is 4.79 Å². The summed E-state index contributed by atoms with van der Waals surface area (Å²) in [6.07, 6.45) is 1.21. The summed E-state index contributed by atoms with van der Waals surface area (Å²) in [6.45, 7) is 1.22. The molecule has 3 rings (SSSR count). The van der Waals surface area contributed by atoms with Crippen LogP contribution in [0.25, 0.3) is 0 Å². The van der Waals surface area contributed by atoms with Crippen LogP contribution in [0.1, 0.15) is 22.3 Å². The van der Waals surface area contributed by atoms with Crippen LogP contribution < -0.4 is 15.1 Å². The van der Waals surface area contributed by atoms with E-state index in [0.29, 0.717) is 25.1 Å². The van der Waals surface area contributed by atoms with Gasteiger partial charge in [0.2, 0.25) is 5.91 Å². The van der Waals surface area contributed by atoms with Crippen LogP contribution in [0.5, 0.6) is 11.5 Å². The number of hydrogen-bond donors (Lipinski definition) is 3. The van der Waals surface area contributed by atoms with Crippen LogP contribution in [0.4, 0.5) is 0 Å². The molecule has 0 spiro atoms. The van der Waals surface area contributed by atoms with Crippen molar-refractivity contribution in [2.75, 3.05) is 26.0 Å². The van der Waals surface area contributed by atoms with Crippen LogP contribution in [0.2, 0.25) is 0 Å². The minimum atomic E-state index is -1.20. The molecule has 0 bridgehead atoms. The lowest BCUT2D eigenvalue weighted by atomic mass is 9.77. The Morgan fingerprint density at radius 2 is 2.27 bits per heavy atom. The van der Waals surface area contributed by atoms with Crippen molar-refractivity contribution in [1.29, 1.82) is 0 Å². The molecule has 1 aromatic carbocycles. The summed E-state index contributed by atoms with van der Waals surface area (Å²) < 4.78 is 10.6. The molecule has 1 aromatic rings. The lowest BCUT2D eigenvalue weighted by molar-refractivity contribution is -0.127. The van der Waals surface area contributed by atoms with E-state index in [1.165, 1.54) is 18.9 Å². The Morgan fingerprint density at radius 1 is 1.50 bits per heavy atom. The third kappa shape index (κ3) is 3.77. The van der Waals surface area contributed by atoms with Crippen LogP contribution in [0, 0.1) is 0 Å². The number of nitrogens with two attached hydrogens (primary N) is 1. The maximum absolute atomic E-state index is 12.2. The summed E-state index contributed by atoms with van der Waals surface area (Å²) in [4.78, 5) is 25.5. The number of likely N-dealkylation sites (tertiary alicyclic amines) is 1. The molecule has 1 saturated heterocycles. The number of thioether (sulfide) groups is 1. The molecule has 2 aliphatic heterocycles. The van der Waals surface area contributed by atoms with E-state index in [1.807, 2.05) is 0 Å². The highest BCUT2D eigenvalue weighted by Crippen LogP contribution is 2.38. The summed E-state index contributed by atoms with van der Waals surface area (Å²) in [5, 5.41) is 19.3. The lowest BCUT2D eigenvalue weighted by Crippen LogP contribution is -2.42. The van der Waals surface area contributed by atoms with Gasteiger partial charge in [-0.15, -0.1) is 11.8 Å². The Bertz CT molecular complexity index is 718. The summed E-state index contributed by atoms with van der Waals surface area (Å²) in [5.74, 6) is -0.678. The highest BCUT2D eigenvalue weighted by molar-refractivity contribution is 8.01. The number of fused-ring (bicyclic) bond motifs is 1. The minimum absolute atomic E-state index is 0.0121. The average Bonchev–Trinajstić information content (AvgIpc) is 3.05. The van der Waals surface area contributed by atoms with Gasteiger partial charge in [-0.25, -0.2) is 4.79 Å². The number of methoxy groups -OCH3 is 1. The predicted molar refractivity (Wildman–Crippen MR) is 97.7 cm³/mol. The molecule has 0 saturated carbocycles. The number of benzene rings is 1. The number of rotatable bonds is 5. The number of aromatic carboxylic acids is 1. The number of carbonyl (C=O) groups excluding carboxylic acids is 1. The van der Waals surface area contributed by atoms with Gasteiger partial charge in [0, 0.05) is 19.1 Å². The Hall–Kier alpha value is -1.91. The van der Waals surface area contributed by atoms with Crippen molar-refractivity contribution < 1.29 is 29.1 Å². The monoisotopic (exact) mass is 380 g/mol. The van der Waals surface area contributed by atoms with Gasteiger partial charge in [0.25, 0.3) is 0 Å². The van der Waals surface area contributed by atoms with Crippen molar-refractivity contribution in [3.8, 4) is 11.5 Å². The number of carboxylic acids is 1. The molecule has 0 aromatic heterocycles. The van der Waals surface area contributed by atoms with Crippen molar-refractivity contribution in [3.05, 3.63) is 23.3 Å². The van der Waals surface area contributed by atoms with Crippen molar-refractivity contribution >= 4 is 30.8 Å². The second-order valence-electron chi connectivity index (χ2n) is 6.39. The summed E-state index contributed by atoms with van der Waals surface area (Å²) in [6, 6.07) is 3.33. The quantitative estimate of drug-likeness (QED) is 0.611. The number of carbonyl (C=O) groups is 2. The fraction of sp³-hybridized carbons (Fsp3) is 0.500. The van der Waals surface area contributed by atoms with Crippen molar-refractivity contribution in [2.24, 2.45) is 5.73 Å². The third-order valence-electron chi connectivity index (χ3n) is 4.61. The fourth-order valence-electron chi connectivity index (χ4n) is 3.21. The summed E-state index contributed by atoms with van der Waals surface area (Å²) in [7, 11) is 0.174. The Kier molecular flexibility index (Phi) is 5.64. The minimum Gasteiger partial charge on any atom is -0.534 e. The number of carboxylic acid groups (broad SMARTS) is 1. The van der Waals surface area contributed by atoms with Gasteiger partial charge in [0.1, 0.15) is 17.1 Å². The van der Waals surface area contributed by atoms with E-state index in [9.17, 15) is 19.7 Å². The molecule has 2 atom stereocenters. The highest BCUT2D eigenvalue weighted by atomic mass is 32.2. The first kappa shape index (κ1) is 18.9. The van der Waals surface area contributed by atoms with E-state index in [1.54, 1.807) is 17.0 Å². The van der Waals surface area contributed by atoms with Crippen LogP contribution >= 0.6 is 11.8 Å². The van der Waals surface area contributed by atoms with E-state index in [0.717, 1.165) is 6.42 Å². The summed E-state index contributed by atoms with van der Waals surface area (Å²) >= 11 is 1.30. The van der Waals surface area contributed by atoms with E-state index >= 15 is 0 Å². The molecular weight excluding hydrogens is 359 g/mol. The third-order valence-corrected chi connectivity index (χ3v) is 5.85. The maximum atomic E-state index is 12.2. The zero-order chi connectivity index (χ0) is 18.8. The second-order valence-corrected chi connectivity index (χ2v) is 7.61. The zero-order valence-electron chi connectivity index (χ0n) is 14.4. The van der Waals surface area contributed by atoms with Crippen LogP contribution in [-0.4, -0.2) is 71.2 Å². The van der Waals surface area contributed by atoms with Gasteiger partial charge in [-0.05, 0) is 24.5 Å². The summed E-state index contributed by atoms with van der Waals surface area (Å²) in [5.41, 5.74) is 6.39. The lowest BCUT2D eigenvalue weighted by Gasteiger charge is -2.28. The molecule has 8 nitrogen and oxygen atoms in total. The Morgan fingerprint density at radius 3 is 2.88 bits per heavy atom. The van der Waals surface area contributed by atoms with Crippen LogP contribution in [-0.2, 0) is 11.2 Å². The Labute approximate surface area is 155 Å². The molecule has 1 amide bonds. The molecule has 2 heterocycles. The zero-order valence-corrected chi connectivity index (χ0v) is 15.2. The number of amides is 1. The van der Waals surface area contributed by atoms with Crippen molar-refractivity contribution in [3.63, 3.8) is 0 Å².